The van der Waals surface area contributed by atoms with Gasteiger partial charge in [0.25, 0.3) is 0 Å². The lowest BCUT2D eigenvalue weighted by molar-refractivity contribution is -0.122. The summed E-state index contributed by atoms with van der Waals surface area (Å²) in [6.45, 7) is 3.49. The van der Waals surface area contributed by atoms with Crippen molar-refractivity contribution < 1.29 is 19.4 Å². The number of fused-ring (bicyclic) bond motifs is 3. The van der Waals surface area contributed by atoms with E-state index in [0.29, 0.717) is 30.0 Å². The van der Waals surface area contributed by atoms with Gasteiger partial charge in [0.1, 0.15) is 17.6 Å². The van der Waals surface area contributed by atoms with Gasteiger partial charge in [-0.3, -0.25) is 9.78 Å². The minimum Gasteiger partial charge on any atom is -0.495 e. The molecule has 1 saturated carbocycles. The fourth-order valence-electron chi connectivity index (χ4n) is 4.71. The third-order valence-electron chi connectivity index (χ3n) is 5.80. The molecule has 1 aliphatic carbocycles. The van der Waals surface area contributed by atoms with E-state index in [1.54, 1.807) is 27.2 Å². The molecular formula is C22H26N2O4. The van der Waals surface area contributed by atoms with E-state index in [1.807, 2.05) is 30.3 Å². The number of aromatic nitrogens is 1. The second-order valence-corrected chi connectivity index (χ2v) is 8.38. The van der Waals surface area contributed by atoms with Crippen LogP contribution in [-0.4, -0.2) is 34.8 Å². The largest absolute Gasteiger partial charge is 0.495 e. The fraction of sp³-hybridized carbons (Fsp3) is 0.455. The smallest absolute Gasteiger partial charge is 0.221 e. The van der Waals surface area contributed by atoms with Crippen LogP contribution in [0.2, 0.25) is 0 Å². The van der Waals surface area contributed by atoms with Gasteiger partial charge in [-0.2, -0.15) is 0 Å². The summed E-state index contributed by atoms with van der Waals surface area (Å²) in [6.07, 6.45) is 2.44. The van der Waals surface area contributed by atoms with Gasteiger partial charge in [-0.25, -0.2) is 0 Å². The lowest BCUT2D eigenvalue weighted by Crippen LogP contribution is -2.30. The van der Waals surface area contributed by atoms with Gasteiger partial charge in [-0.05, 0) is 25.8 Å². The molecule has 4 unspecified atom stereocenters. The van der Waals surface area contributed by atoms with Crippen molar-refractivity contribution in [2.45, 2.75) is 50.2 Å². The van der Waals surface area contributed by atoms with Crippen molar-refractivity contribution in [2.75, 3.05) is 7.11 Å². The number of nitrogens with two attached hydrogens (primary N) is 1. The summed E-state index contributed by atoms with van der Waals surface area (Å²) < 4.78 is 12.0. The molecule has 148 valence electrons. The van der Waals surface area contributed by atoms with Crippen molar-refractivity contribution in [3.63, 3.8) is 0 Å². The first-order valence-corrected chi connectivity index (χ1v) is 9.59. The number of pyridine rings is 1. The van der Waals surface area contributed by atoms with Gasteiger partial charge in [-0.1, -0.05) is 30.3 Å². The summed E-state index contributed by atoms with van der Waals surface area (Å²) in [5.74, 6) is 0.588. The molecule has 4 rings (SSSR count). The predicted molar refractivity (Wildman–Crippen MR) is 104 cm³/mol. The molecular weight excluding hydrogens is 356 g/mol. The third-order valence-corrected chi connectivity index (χ3v) is 5.80. The Morgan fingerprint density at radius 2 is 2.07 bits per heavy atom. The summed E-state index contributed by atoms with van der Waals surface area (Å²) in [5.41, 5.74) is 7.54. The lowest BCUT2D eigenvalue weighted by atomic mass is 9.87. The van der Waals surface area contributed by atoms with Gasteiger partial charge in [0.15, 0.2) is 0 Å². The molecule has 2 heterocycles. The van der Waals surface area contributed by atoms with Crippen molar-refractivity contribution in [3.8, 4) is 11.5 Å². The van der Waals surface area contributed by atoms with E-state index in [9.17, 15) is 9.90 Å². The van der Waals surface area contributed by atoms with E-state index in [2.05, 4.69) is 4.98 Å². The zero-order chi connectivity index (χ0) is 20.1. The number of methoxy groups -OCH3 is 1. The molecule has 1 fully saturated rings. The molecule has 1 aromatic heterocycles. The Morgan fingerprint density at radius 3 is 2.68 bits per heavy atom. The fourth-order valence-corrected chi connectivity index (χ4v) is 4.71. The highest BCUT2D eigenvalue weighted by Gasteiger charge is 2.54. The van der Waals surface area contributed by atoms with Crippen LogP contribution in [0.3, 0.4) is 0 Å². The Morgan fingerprint density at radius 1 is 1.36 bits per heavy atom. The molecule has 0 bridgehead atoms. The first-order chi connectivity index (χ1) is 13.3. The predicted octanol–water partition coefficient (Wildman–Crippen LogP) is 2.54. The first kappa shape index (κ1) is 18.7. The monoisotopic (exact) mass is 382 g/mol. The Hall–Kier alpha value is -2.60. The molecule has 0 spiro atoms. The van der Waals surface area contributed by atoms with Crippen molar-refractivity contribution in [3.05, 3.63) is 53.3 Å². The van der Waals surface area contributed by atoms with E-state index < -0.39 is 5.60 Å². The summed E-state index contributed by atoms with van der Waals surface area (Å²) in [6, 6.07) is 9.91. The van der Waals surface area contributed by atoms with Gasteiger partial charge < -0.3 is 20.3 Å². The molecule has 0 radical (unpaired) electrons. The average molecular weight is 382 g/mol. The van der Waals surface area contributed by atoms with E-state index >= 15 is 0 Å². The number of nitrogens with zero attached hydrogens (tertiary/aromatic N) is 1. The highest BCUT2D eigenvalue weighted by Crippen LogP contribution is 2.58. The quantitative estimate of drug-likeness (QED) is 0.829. The molecule has 3 N–H and O–H groups in total. The minimum atomic E-state index is -0.912. The molecule has 28 heavy (non-hydrogen) atoms. The Balaban J connectivity index is 1.80. The van der Waals surface area contributed by atoms with Crippen LogP contribution in [0.5, 0.6) is 11.5 Å². The van der Waals surface area contributed by atoms with E-state index in [0.717, 1.165) is 11.1 Å². The van der Waals surface area contributed by atoms with Gasteiger partial charge in [0, 0.05) is 29.7 Å². The third kappa shape index (κ3) is 3.11. The number of primary amides is 1. The molecule has 1 amide bonds. The maximum Gasteiger partial charge on any atom is 0.221 e. The number of hydrogen-bond donors (Lipinski definition) is 2. The number of hydrogen-bond acceptors (Lipinski definition) is 5. The number of carbonyl (C=O) groups excluding carboxylic acids is 1. The van der Waals surface area contributed by atoms with Crippen molar-refractivity contribution >= 4 is 5.91 Å². The van der Waals surface area contributed by atoms with Crippen molar-refractivity contribution in [1.29, 1.82) is 0 Å². The molecule has 6 heteroatoms. The summed E-state index contributed by atoms with van der Waals surface area (Å²) in [7, 11) is 1.61. The molecule has 2 aromatic rings. The van der Waals surface area contributed by atoms with Crippen LogP contribution in [0, 0.1) is 5.92 Å². The Labute approximate surface area is 164 Å². The number of aliphatic hydroxyl groups is 1. The lowest BCUT2D eigenvalue weighted by Gasteiger charge is -2.24. The number of amides is 1. The van der Waals surface area contributed by atoms with Crippen LogP contribution >= 0.6 is 0 Å². The molecule has 1 aliphatic heterocycles. The second-order valence-electron chi connectivity index (χ2n) is 8.38. The van der Waals surface area contributed by atoms with Crippen LogP contribution in [0.4, 0.5) is 0 Å². The van der Waals surface area contributed by atoms with Gasteiger partial charge in [-0.15, -0.1) is 0 Å². The van der Waals surface area contributed by atoms with Crippen LogP contribution in [0.25, 0.3) is 0 Å². The number of rotatable bonds is 5. The van der Waals surface area contributed by atoms with Gasteiger partial charge >= 0.3 is 0 Å². The average Bonchev–Trinajstić information content (AvgIpc) is 3.18. The van der Waals surface area contributed by atoms with Crippen molar-refractivity contribution in [1.82, 2.24) is 4.98 Å². The SMILES string of the molecule is COc1cnc(CC(C)(C)O)c2c1C1CC(C(N)=O)C(c3ccccc3)C1O2. The number of benzene rings is 1. The van der Waals surface area contributed by atoms with Crippen LogP contribution in [-0.2, 0) is 11.2 Å². The minimum absolute atomic E-state index is 0.00351. The highest BCUT2D eigenvalue weighted by atomic mass is 16.5. The molecule has 4 atom stereocenters. The van der Waals surface area contributed by atoms with Gasteiger partial charge in [0.05, 0.1) is 24.6 Å². The van der Waals surface area contributed by atoms with Crippen molar-refractivity contribution in [2.24, 2.45) is 11.7 Å². The normalized spacial score (nSPS) is 25.7. The Bertz CT molecular complexity index is 891. The highest BCUT2D eigenvalue weighted by molar-refractivity contribution is 5.79. The van der Waals surface area contributed by atoms with E-state index in [4.69, 9.17) is 15.2 Å². The maximum absolute atomic E-state index is 12.2. The van der Waals surface area contributed by atoms with Gasteiger partial charge in [0.2, 0.25) is 5.91 Å². The number of ether oxygens (including phenoxy) is 2. The molecule has 0 saturated heterocycles. The number of carbonyl (C=O) groups is 1. The van der Waals surface area contributed by atoms with E-state index in [-0.39, 0.29) is 29.8 Å². The van der Waals surface area contributed by atoms with Crippen LogP contribution < -0.4 is 15.2 Å². The van der Waals surface area contributed by atoms with Crippen LogP contribution in [0.1, 0.15) is 48.9 Å². The zero-order valence-electron chi connectivity index (χ0n) is 16.4. The molecule has 1 aromatic carbocycles. The second kappa shape index (κ2) is 6.78. The first-order valence-electron chi connectivity index (χ1n) is 9.59. The maximum atomic E-state index is 12.2. The van der Waals surface area contributed by atoms with E-state index in [1.165, 1.54) is 0 Å². The summed E-state index contributed by atoms with van der Waals surface area (Å²) >= 11 is 0. The van der Waals surface area contributed by atoms with Crippen LogP contribution in [0.15, 0.2) is 36.5 Å². The summed E-state index contributed by atoms with van der Waals surface area (Å²) in [4.78, 5) is 16.7. The molecule has 6 nitrogen and oxygen atoms in total. The Kier molecular flexibility index (Phi) is 4.54. The molecule has 2 aliphatic rings. The standard InChI is InChI=1S/C22H26N2O4/c1-22(2,26)10-15-20-18(16(27-3)11-24-15)13-9-14(21(23)25)17(19(13)28-20)12-7-5-4-6-8-12/h4-8,11,13-14,17,19,26H,9-10H2,1-3H3,(H2,23,25). The summed E-state index contributed by atoms with van der Waals surface area (Å²) in [5, 5.41) is 10.3. The zero-order valence-corrected chi connectivity index (χ0v) is 16.4. The topological polar surface area (TPSA) is 94.7 Å².